The highest BCUT2D eigenvalue weighted by atomic mass is 16.4. The molecule has 0 saturated carbocycles. The zero-order chi connectivity index (χ0) is 20.3. The number of rotatable bonds is 14. The van der Waals surface area contributed by atoms with Gasteiger partial charge in [0.15, 0.2) is 0 Å². The number of aliphatic hydroxyl groups is 3. The van der Waals surface area contributed by atoms with E-state index in [9.17, 15) is 20.1 Å². The third-order valence-corrected chi connectivity index (χ3v) is 3.39. The average molecular weight is 376 g/mol. The van der Waals surface area contributed by atoms with Crippen LogP contribution < -0.4 is 0 Å². The van der Waals surface area contributed by atoms with E-state index in [0.717, 1.165) is 6.42 Å². The Morgan fingerprint density at radius 2 is 1.26 bits per heavy atom. The summed E-state index contributed by atoms with van der Waals surface area (Å²) in [7, 11) is 0. The van der Waals surface area contributed by atoms with Gasteiger partial charge in [0.2, 0.25) is 0 Å². The van der Waals surface area contributed by atoms with E-state index in [-0.39, 0.29) is 12.8 Å². The summed E-state index contributed by atoms with van der Waals surface area (Å²) in [6.45, 7) is 2.04. The number of carboxylic acid groups (broad SMARTS) is 1. The molecule has 0 aromatic heterocycles. The van der Waals surface area contributed by atoms with E-state index < -0.39 is 24.3 Å². The lowest BCUT2D eigenvalue weighted by molar-refractivity contribution is -0.137. The minimum atomic E-state index is -0.931. The van der Waals surface area contributed by atoms with Gasteiger partial charge in [0.05, 0.1) is 18.3 Å². The van der Waals surface area contributed by atoms with Crippen molar-refractivity contribution in [1.29, 1.82) is 0 Å². The van der Waals surface area contributed by atoms with Crippen LogP contribution in [0, 0.1) is 0 Å². The minimum Gasteiger partial charge on any atom is -0.481 e. The van der Waals surface area contributed by atoms with E-state index in [1.807, 2.05) is 25.2 Å². The van der Waals surface area contributed by atoms with Crippen LogP contribution >= 0.6 is 0 Å². The predicted molar refractivity (Wildman–Crippen MR) is 109 cm³/mol. The highest BCUT2D eigenvalue weighted by Crippen LogP contribution is 2.00. The van der Waals surface area contributed by atoms with Crippen LogP contribution in [0.5, 0.6) is 0 Å². The fourth-order valence-electron chi connectivity index (χ4n) is 1.93. The molecule has 0 aliphatic heterocycles. The Hall–Kier alpha value is -2.21. The van der Waals surface area contributed by atoms with Crippen molar-refractivity contribution in [1.82, 2.24) is 0 Å². The summed E-state index contributed by atoms with van der Waals surface area (Å²) in [4.78, 5) is 10.4. The molecule has 27 heavy (non-hydrogen) atoms. The number of carbonyl (C=O) groups is 1. The van der Waals surface area contributed by atoms with Crippen molar-refractivity contribution in [3.63, 3.8) is 0 Å². The summed E-state index contributed by atoms with van der Waals surface area (Å²) in [5, 5.41) is 37.5. The first-order valence-corrected chi connectivity index (χ1v) is 9.21. The molecule has 0 rings (SSSR count). The van der Waals surface area contributed by atoms with Crippen LogP contribution in [-0.4, -0.2) is 44.7 Å². The second-order valence-electron chi connectivity index (χ2n) is 5.95. The molecule has 0 amide bonds. The van der Waals surface area contributed by atoms with Gasteiger partial charge < -0.3 is 20.4 Å². The van der Waals surface area contributed by atoms with E-state index in [2.05, 4.69) is 0 Å². The van der Waals surface area contributed by atoms with E-state index in [1.54, 1.807) is 48.6 Å². The average Bonchev–Trinajstić information content (AvgIpc) is 2.62. The second kappa shape index (κ2) is 17.2. The molecular formula is C22H32O5. The molecule has 0 spiro atoms. The van der Waals surface area contributed by atoms with Gasteiger partial charge in [0.1, 0.15) is 0 Å². The zero-order valence-electron chi connectivity index (χ0n) is 15.9. The van der Waals surface area contributed by atoms with E-state index >= 15 is 0 Å². The molecule has 0 heterocycles. The number of aliphatic hydroxyl groups excluding tert-OH is 3. The molecule has 0 unspecified atom stereocenters. The Bertz CT molecular complexity index is 555. The van der Waals surface area contributed by atoms with Gasteiger partial charge in [-0.15, -0.1) is 0 Å². The maximum absolute atomic E-state index is 10.4. The van der Waals surface area contributed by atoms with E-state index in [0.29, 0.717) is 12.8 Å². The second-order valence-corrected chi connectivity index (χ2v) is 5.95. The summed E-state index contributed by atoms with van der Waals surface area (Å²) in [5.74, 6) is -0.931. The predicted octanol–water partition coefficient (Wildman–Crippen LogP) is 3.46. The maximum atomic E-state index is 10.4. The summed E-state index contributed by atoms with van der Waals surface area (Å²) < 4.78 is 0. The number of hydrogen-bond donors (Lipinski definition) is 4. The van der Waals surface area contributed by atoms with E-state index in [1.165, 1.54) is 6.08 Å². The minimum absolute atomic E-state index is 0.0705. The van der Waals surface area contributed by atoms with Crippen LogP contribution in [-0.2, 0) is 4.79 Å². The molecule has 5 nitrogen and oxygen atoms in total. The fourth-order valence-corrected chi connectivity index (χ4v) is 1.93. The highest BCUT2D eigenvalue weighted by molar-refractivity contribution is 5.66. The SMILES string of the molecule is CC/C=C\C[C@@H](O)/C=C/C=C\C[C@@H](O)/C=C/C=C/C=C\[C@@H](O)CCC(=O)O. The molecule has 0 fully saturated rings. The van der Waals surface area contributed by atoms with Gasteiger partial charge in [-0.3, -0.25) is 4.79 Å². The molecule has 0 aromatic rings. The normalized spacial score (nSPS) is 16.6. The summed E-state index contributed by atoms with van der Waals surface area (Å²) in [6.07, 6.45) is 21.2. The standard InChI is InChI=1S/C22H32O5/c1-2-3-7-12-19(23)14-10-6-11-15-20(24)13-8-4-5-9-16-21(25)17-18-22(26)27/h3-11,13-14,16,19-21,23-25H,2,12,15,17-18H2,1H3,(H,26,27)/b5-4+,7-3-,11-6-,13-8+,14-10+,16-9-/t19-,20+,21-/m1/s1. The van der Waals surface area contributed by atoms with Crippen molar-refractivity contribution < 1.29 is 25.2 Å². The van der Waals surface area contributed by atoms with Gasteiger partial charge in [-0.25, -0.2) is 0 Å². The molecule has 3 atom stereocenters. The third-order valence-electron chi connectivity index (χ3n) is 3.39. The molecule has 0 bridgehead atoms. The monoisotopic (exact) mass is 376 g/mol. The van der Waals surface area contributed by atoms with Crippen molar-refractivity contribution in [2.75, 3.05) is 0 Å². The van der Waals surface area contributed by atoms with Crippen molar-refractivity contribution in [2.24, 2.45) is 0 Å². The van der Waals surface area contributed by atoms with Gasteiger partial charge in [-0.2, -0.15) is 0 Å². The van der Waals surface area contributed by atoms with Gasteiger partial charge in [0, 0.05) is 6.42 Å². The van der Waals surface area contributed by atoms with Gasteiger partial charge in [-0.1, -0.05) is 79.8 Å². The third kappa shape index (κ3) is 18.4. The van der Waals surface area contributed by atoms with Gasteiger partial charge in [0.25, 0.3) is 0 Å². The smallest absolute Gasteiger partial charge is 0.303 e. The molecule has 0 aromatic carbocycles. The van der Waals surface area contributed by atoms with Crippen LogP contribution in [0.15, 0.2) is 72.9 Å². The number of hydrogen-bond acceptors (Lipinski definition) is 4. The fraction of sp³-hybridized carbons (Fsp3) is 0.409. The summed E-state index contributed by atoms with van der Waals surface area (Å²) in [5.41, 5.74) is 0. The Labute approximate surface area is 162 Å². The Balaban J connectivity index is 4.01. The molecule has 0 aliphatic rings. The lowest BCUT2D eigenvalue weighted by Crippen LogP contribution is -2.05. The first-order chi connectivity index (χ1) is 13.0. The first kappa shape index (κ1) is 24.8. The van der Waals surface area contributed by atoms with E-state index in [4.69, 9.17) is 5.11 Å². The number of aliphatic carboxylic acids is 1. The van der Waals surface area contributed by atoms with Gasteiger partial charge >= 0.3 is 5.97 Å². The maximum Gasteiger partial charge on any atom is 0.303 e. The Kier molecular flexibility index (Phi) is 15.8. The van der Waals surface area contributed by atoms with Crippen molar-refractivity contribution in [2.45, 2.75) is 57.3 Å². The number of carboxylic acids is 1. The summed E-state index contributed by atoms with van der Waals surface area (Å²) in [6, 6.07) is 0. The first-order valence-electron chi connectivity index (χ1n) is 9.21. The van der Waals surface area contributed by atoms with Crippen LogP contribution in [0.2, 0.25) is 0 Å². The zero-order valence-corrected chi connectivity index (χ0v) is 15.9. The molecular weight excluding hydrogens is 344 g/mol. The van der Waals surface area contributed by atoms with Crippen molar-refractivity contribution >= 4 is 5.97 Å². The molecule has 150 valence electrons. The van der Waals surface area contributed by atoms with Crippen LogP contribution in [0.25, 0.3) is 0 Å². The molecule has 0 saturated heterocycles. The van der Waals surface area contributed by atoms with Crippen LogP contribution in [0.4, 0.5) is 0 Å². The summed E-state index contributed by atoms with van der Waals surface area (Å²) >= 11 is 0. The highest BCUT2D eigenvalue weighted by Gasteiger charge is 2.02. The van der Waals surface area contributed by atoms with Crippen molar-refractivity contribution in [3.8, 4) is 0 Å². The Morgan fingerprint density at radius 3 is 1.81 bits per heavy atom. The quantitative estimate of drug-likeness (QED) is 0.275. The topological polar surface area (TPSA) is 98.0 Å². The van der Waals surface area contributed by atoms with Gasteiger partial charge in [-0.05, 0) is 25.7 Å². The molecule has 4 N–H and O–H groups in total. The van der Waals surface area contributed by atoms with Crippen molar-refractivity contribution in [3.05, 3.63) is 72.9 Å². The lowest BCUT2D eigenvalue weighted by atomic mass is 10.2. The molecule has 0 radical (unpaired) electrons. The molecule has 0 aliphatic carbocycles. The van der Waals surface area contributed by atoms with Crippen LogP contribution in [0.1, 0.15) is 39.0 Å². The van der Waals surface area contributed by atoms with Crippen LogP contribution in [0.3, 0.4) is 0 Å². The largest absolute Gasteiger partial charge is 0.481 e. The molecule has 5 heteroatoms. The number of allylic oxidation sites excluding steroid dienone is 7. The lowest BCUT2D eigenvalue weighted by Gasteiger charge is -2.00. The Morgan fingerprint density at radius 1 is 0.741 bits per heavy atom.